The molecule has 0 radical (unpaired) electrons. The summed E-state index contributed by atoms with van der Waals surface area (Å²) in [5.74, 6) is 0.140. The highest BCUT2D eigenvalue weighted by atomic mass is 35.5. The number of benzene rings is 1. The molecular weight excluding hydrogens is 352 g/mol. The smallest absolute Gasteiger partial charge is 0.236 e. The molecule has 0 unspecified atom stereocenters. The minimum Gasteiger partial charge on any atom is -0.355 e. The molecule has 1 aromatic rings. The molecule has 0 bridgehead atoms. The van der Waals surface area contributed by atoms with Gasteiger partial charge in [-0.2, -0.15) is 0 Å². The maximum absolute atomic E-state index is 12.4. The summed E-state index contributed by atoms with van der Waals surface area (Å²) >= 11 is 6.20. The molecule has 7 heteroatoms. The summed E-state index contributed by atoms with van der Waals surface area (Å²) in [4.78, 5) is 28.1. The molecule has 6 nitrogen and oxygen atoms in total. The Morgan fingerprint density at radius 3 is 2.54 bits per heavy atom. The zero-order chi connectivity index (χ0) is 18.9. The van der Waals surface area contributed by atoms with Crippen molar-refractivity contribution in [2.45, 2.75) is 26.3 Å². The van der Waals surface area contributed by atoms with Gasteiger partial charge in [0.15, 0.2) is 0 Å². The number of hydrogen-bond donors (Lipinski definition) is 2. The zero-order valence-electron chi connectivity index (χ0n) is 15.6. The Hall–Kier alpha value is -1.63. The Kier molecular flexibility index (Phi) is 8.35. The normalized spacial score (nSPS) is 16.3. The minimum atomic E-state index is 0.0104. The van der Waals surface area contributed by atoms with Gasteiger partial charge < -0.3 is 15.5 Å². The first-order chi connectivity index (χ1) is 12.5. The highest BCUT2D eigenvalue weighted by Crippen LogP contribution is 2.21. The van der Waals surface area contributed by atoms with Gasteiger partial charge in [0.1, 0.15) is 0 Å². The van der Waals surface area contributed by atoms with Crippen molar-refractivity contribution in [3.8, 4) is 0 Å². The predicted octanol–water partition coefficient (Wildman–Crippen LogP) is 1.66. The summed E-state index contributed by atoms with van der Waals surface area (Å²) < 4.78 is 0. The summed E-state index contributed by atoms with van der Waals surface area (Å²) in [5.41, 5.74) is 0.991. The van der Waals surface area contributed by atoms with Crippen LogP contribution in [0.3, 0.4) is 0 Å². The van der Waals surface area contributed by atoms with Crippen LogP contribution in [0.4, 0.5) is 0 Å². The van der Waals surface area contributed by atoms with E-state index >= 15 is 0 Å². The maximum atomic E-state index is 12.4. The fraction of sp³-hybridized carbons (Fsp3) is 0.579. The van der Waals surface area contributed by atoms with Gasteiger partial charge in [0.05, 0.1) is 13.1 Å². The molecule has 0 aromatic heterocycles. The Morgan fingerprint density at radius 2 is 1.88 bits per heavy atom. The van der Waals surface area contributed by atoms with Crippen molar-refractivity contribution in [3.05, 3.63) is 34.9 Å². The monoisotopic (exact) mass is 380 g/mol. The molecule has 1 saturated heterocycles. The number of carbonyl (C=O) groups excluding carboxylic acids is 2. The van der Waals surface area contributed by atoms with Gasteiger partial charge in [-0.15, -0.1) is 0 Å². The number of amides is 2. The van der Waals surface area contributed by atoms with E-state index in [1.54, 1.807) is 0 Å². The lowest BCUT2D eigenvalue weighted by Gasteiger charge is -2.34. The van der Waals surface area contributed by atoms with Crippen LogP contribution in [0, 0.1) is 0 Å². The molecule has 1 aromatic carbocycles. The predicted molar refractivity (Wildman–Crippen MR) is 104 cm³/mol. The van der Waals surface area contributed by atoms with Crippen molar-refractivity contribution in [2.75, 3.05) is 45.8 Å². The van der Waals surface area contributed by atoms with E-state index in [-0.39, 0.29) is 24.4 Å². The third-order valence-electron chi connectivity index (χ3n) is 4.60. The fourth-order valence-electron chi connectivity index (χ4n) is 2.97. The van der Waals surface area contributed by atoms with Crippen LogP contribution < -0.4 is 10.6 Å². The molecule has 1 aliphatic heterocycles. The van der Waals surface area contributed by atoms with Crippen LogP contribution in [0.5, 0.6) is 0 Å². The maximum Gasteiger partial charge on any atom is 0.236 e. The molecule has 144 valence electrons. The highest BCUT2D eigenvalue weighted by Gasteiger charge is 2.22. The third-order valence-corrected chi connectivity index (χ3v) is 4.94. The Labute approximate surface area is 160 Å². The van der Waals surface area contributed by atoms with E-state index in [1.165, 1.54) is 0 Å². The number of rotatable bonds is 8. The standard InChI is InChI=1S/C19H29ClN4O2/c1-3-8-21-18(25)14-23-9-11-24(12-10-23)19(26)13-22-15(2)16-6-4-5-7-17(16)20/h4-7,15,22H,3,8-14H2,1-2H3,(H,21,25)/t15-/m0/s1. The lowest BCUT2D eigenvalue weighted by atomic mass is 10.1. The zero-order valence-corrected chi connectivity index (χ0v) is 16.4. The Bertz CT molecular complexity index is 603. The molecule has 1 fully saturated rings. The van der Waals surface area contributed by atoms with E-state index in [1.807, 2.05) is 43.0 Å². The summed E-state index contributed by atoms with van der Waals surface area (Å²) in [5, 5.41) is 6.84. The Morgan fingerprint density at radius 1 is 1.19 bits per heavy atom. The Balaban J connectivity index is 1.71. The summed E-state index contributed by atoms with van der Waals surface area (Å²) in [7, 11) is 0. The van der Waals surface area contributed by atoms with Crippen LogP contribution in [-0.2, 0) is 9.59 Å². The molecule has 26 heavy (non-hydrogen) atoms. The van der Waals surface area contributed by atoms with Crippen molar-refractivity contribution >= 4 is 23.4 Å². The van der Waals surface area contributed by atoms with Crippen molar-refractivity contribution in [3.63, 3.8) is 0 Å². The lowest BCUT2D eigenvalue weighted by molar-refractivity contribution is -0.132. The molecule has 1 atom stereocenters. The van der Waals surface area contributed by atoms with Crippen molar-refractivity contribution in [1.82, 2.24) is 20.4 Å². The van der Waals surface area contributed by atoms with Crippen LogP contribution in [0.2, 0.25) is 5.02 Å². The van der Waals surface area contributed by atoms with Gasteiger partial charge >= 0.3 is 0 Å². The van der Waals surface area contributed by atoms with Crippen molar-refractivity contribution in [1.29, 1.82) is 0 Å². The van der Waals surface area contributed by atoms with Crippen LogP contribution in [-0.4, -0.2) is 67.4 Å². The van der Waals surface area contributed by atoms with E-state index in [4.69, 9.17) is 11.6 Å². The van der Waals surface area contributed by atoms with Gasteiger partial charge in [-0.3, -0.25) is 14.5 Å². The second-order valence-electron chi connectivity index (χ2n) is 6.63. The quantitative estimate of drug-likeness (QED) is 0.720. The van der Waals surface area contributed by atoms with Crippen molar-refractivity contribution < 1.29 is 9.59 Å². The van der Waals surface area contributed by atoms with Crippen LogP contribution in [0.15, 0.2) is 24.3 Å². The second kappa shape index (κ2) is 10.5. The molecule has 1 heterocycles. The number of halogens is 1. The summed E-state index contributed by atoms with van der Waals surface area (Å²) in [6.45, 7) is 8.20. The number of carbonyl (C=O) groups is 2. The van der Waals surface area contributed by atoms with E-state index in [0.29, 0.717) is 31.2 Å². The molecule has 0 aliphatic carbocycles. The van der Waals surface area contributed by atoms with E-state index in [9.17, 15) is 9.59 Å². The largest absolute Gasteiger partial charge is 0.355 e. The molecule has 2 rings (SSSR count). The SMILES string of the molecule is CCCNC(=O)CN1CCN(C(=O)CN[C@@H](C)c2ccccc2Cl)CC1. The topological polar surface area (TPSA) is 64.7 Å². The fourth-order valence-corrected chi connectivity index (χ4v) is 3.27. The molecule has 2 amide bonds. The van der Waals surface area contributed by atoms with Gasteiger partial charge in [-0.05, 0) is 25.0 Å². The average molecular weight is 381 g/mol. The van der Waals surface area contributed by atoms with E-state index in [2.05, 4.69) is 15.5 Å². The van der Waals surface area contributed by atoms with Gasteiger partial charge in [0.25, 0.3) is 0 Å². The van der Waals surface area contributed by atoms with E-state index < -0.39 is 0 Å². The van der Waals surface area contributed by atoms with Gasteiger partial charge in [0.2, 0.25) is 11.8 Å². The molecule has 0 saturated carbocycles. The number of nitrogens with zero attached hydrogens (tertiary/aromatic N) is 2. The first-order valence-electron chi connectivity index (χ1n) is 9.26. The third kappa shape index (κ3) is 6.27. The average Bonchev–Trinajstić information content (AvgIpc) is 2.65. The molecule has 0 spiro atoms. The lowest BCUT2D eigenvalue weighted by Crippen LogP contribution is -2.52. The van der Waals surface area contributed by atoms with E-state index in [0.717, 1.165) is 25.1 Å². The first-order valence-corrected chi connectivity index (χ1v) is 9.63. The number of nitrogens with one attached hydrogen (secondary N) is 2. The number of piperazine rings is 1. The van der Waals surface area contributed by atoms with Gasteiger partial charge in [0, 0.05) is 43.8 Å². The summed E-state index contributed by atoms with van der Waals surface area (Å²) in [6, 6.07) is 7.67. The van der Waals surface area contributed by atoms with Gasteiger partial charge in [-0.25, -0.2) is 0 Å². The second-order valence-corrected chi connectivity index (χ2v) is 7.04. The van der Waals surface area contributed by atoms with Crippen LogP contribution >= 0.6 is 11.6 Å². The van der Waals surface area contributed by atoms with Crippen LogP contribution in [0.25, 0.3) is 0 Å². The van der Waals surface area contributed by atoms with Crippen LogP contribution in [0.1, 0.15) is 31.9 Å². The first kappa shape index (κ1) is 20.7. The minimum absolute atomic E-state index is 0.0104. The molecular formula is C19H29ClN4O2. The van der Waals surface area contributed by atoms with Crippen molar-refractivity contribution in [2.24, 2.45) is 0 Å². The highest BCUT2D eigenvalue weighted by molar-refractivity contribution is 6.31. The molecule has 2 N–H and O–H groups in total. The number of hydrogen-bond acceptors (Lipinski definition) is 4. The summed E-state index contributed by atoms with van der Waals surface area (Å²) in [6.07, 6.45) is 0.938. The van der Waals surface area contributed by atoms with Gasteiger partial charge in [-0.1, -0.05) is 36.7 Å². The molecule has 1 aliphatic rings.